The lowest BCUT2D eigenvalue weighted by atomic mass is 9.66. The van der Waals surface area contributed by atoms with E-state index in [4.69, 9.17) is 4.98 Å². The Kier molecular flexibility index (Phi) is 5.62. The first-order valence-electron chi connectivity index (χ1n) is 12.5. The van der Waals surface area contributed by atoms with Gasteiger partial charge in [0.15, 0.2) is 17.4 Å². The molecule has 1 fully saturated rings. The highest BCUT2D eigenvalue weighted by Gasteiger charge is 2.65. The third-order valence-corrected chi connectivity index (χ3v) is 9.36. The highest BCUT2D eigenvalue weighted by molar-refractivity contribution is 7.99. The van der Waals surface area contributed by atoms with Gasteiger partial charge in [0.2, 0.25) is 0 Å². The molecule has 0 aliphatic heterocycles. The normalized spacial score (nSPS) is 22.5. The Hall–Kier alpha value is -3.80. The Labute approximate surface area is 224 Å². The first kappa shape index (κ1) is 25.5. The quantitative estimate of drug-likeness (QED) is 0.361. The van der Waals surface area contributed by atoms with Crippen LogP contribution in [0.2, 0.25) is 0 Å². The summed E-state index contributed by atoms with van der Waals surface area (Å²) in [6.45, 7) is 4.30. The van der Waals surface area contributed by atoms with Gasteiger partial charge in [0.25, 0.3) is 5.95 Å². The Morgan fingerprint density at radius 1 is 1.21 bits per heavy atom. The molecule has 1 unspecified atom stereocenters. The molecule has 2 bridgehead atoms. The fourth-order valence-corrected chi connectivity index (χ4v) is 6.92. The maximum absolute atomic E-state index is 14.7. The second-order valence-electron chi connectivity index (χ2n) is 11.0. The summed E-state index contributed by atoms with van der Waals surface area (Å²) in [6, 6.07) is 5.54. The maximum Gasteiger partial charge on any atom is 0.252 e. The maximum atomic E-state index is 14.7. The lowest BCUT2D eigenvalue weighted by molar-refractivity contribution is 0.242. The number of rotatable bonds is 6. The smallest absolute Gasteiger partial charge is 0.252 e. The number of nitrogens with zero attached hydrogens (tertiary/aromatic N) is 7. The van der Waals surface area contributed by atoms with Crippen molar-refractivity contribution in [2.75, 3.05) is 12.0 Å². The van der Waals surface area contributed by atoms with Crippen LogP contribution in [-0.2, 0) is 21.4 Å². The molecule has 6 rings (SSSR count). The second kappa shape index (κ2) is 8.60. The monoisotopic (exact) mass is 551 g/mol. The zero-order valence-corrected chi connectivity index (χ0v) is 22.5. The molecular weight excluding hydrogens is 524 g/mol. The van der Waals surface area contributed by atoms with Gasteiger partial charge in [0.05, 0.1) is 28.1 Å². The summed E-state index contributed by atoms with van der Waals surface area (Å²) in [5.41, 5.74) is 1.06. The molecular formula is C27H27F2N7O2S. The van der Waals surface area contributed by atoms with Gasteiger partial charge in [0.1, 0.15) is 12.1 Å². The first-order valence-corrected chi connectivity index (χ1v) is 14.8. The molecule has 0 spiro atoms. The Morgan fingerprint density at radius 2 is 2.00 bits per heavy atom. The van der Waals surface area contributed by atoms with Crippen LogP contribution in [0.25, 0.3) is 17.2 Å². The SMILES string of the molecule is C=S(C)(=O)CCc1ncn(-c2nccc([C@@]34CC[C@@H](c5cc(-c6c(F)ccc(O)c6F)nnc53)C4(C)C)n2)n1. The van der Waals surface area contributed by atoms with Crippen LogP contribution in [0.15, 0.2) is 36.8 Å². The Balaban J connectivity index is 1.42. The van der Waals surface area contributed by atoms with E-state index < -0.39 is 37.9 Å². The molecule has 2 aliphatic rings. The zero-order valence-electron chi connectivity index (χ0n) is 21.7. The van der Waals surface area contributed by atoms with Gasteiger partial charge in [-0.1, -0.05) is 13.8 Å². The van der Waals surface area contributed by atoms with E-state index in [1.807, 2.05) is 6.07 Å². The Bertz CT molecular complexity index is 1740. The fourth-order valence-electron chi connectivity index (χ4n) is 6.30. The van der Waals surface area contributed by atoms with Crippen molar-refractivity contribution in [1.82, 2.24) is 34.9 Å². The number of fused-ring (bicyclic) bond motifs is 5. The topological polar surface area (TPSA) is 120 Å². The molecule has 0 radical (unpaired) electrons. The average molecular weight is 552 g/mol. The Morgan fingerprint density at radius 3 is 2.77 bits per heavy atom. The summed E-state index contributed by atoms with van der Waals surface area (Å²) in [6.07, 6.45) is 6.84. The largest absolute Gasteiger partial charge is 0.505 e. The highest BCUT2D eigenvalue weighted by atomic mass is 32.2. The average Bonchev–Trinajstić information content (AvgIpc) is 3.53. The number of phenols is 1. The third kappa shape index (κ3) is 3.83. The molecule has 3 heterocycles. The van der Waals surface area contributed by atoms with E-state index in [2.05, 4.69) is 45.0 Å². The van der Waals surface area contributed by atoms with Crippen LogP contribution in [0.4, 0.5) is 8.78 Å². The number of phenolic OH excluding ortho intramolecular Hbond substituents is 1. The molecule has 12 heteroatoms. The molecule has 3 aromatic heterocycles. The summed E-state index contributed by atoms with van der Waals surface area (Å²) < 4.78 is 42.7. The summed E-state index contributed by atoms with van der Waals surface area (Å²) >= 11 is 0. The number of aromatic nitrogens is 7. The molecule has 1 aromatic carbocycles. The minimum absolute atomic E-state index is 0.0370. The zero-order chi connectivity index (χ0) is 27.7. The predicted molar refractivity (Wildman–Crippen MR) is 142 cm³/mol. The minimum atomic E-state index is -2.16. The molecule has 0 amide bonds. The van der Waals surface area contributed by atoms with Gasteiger partial charge >= 0.3 is 0 Å². The second-order valence-corrected chi connectivity index (χ2v) is 13.8. The van der Waals surface area contributed by atoms with Gasteiger partial charge in [0, 0.05) is 24.6 Å². The molecule has 9 nitrogen and oxygen atoms in total. The van der Waals surface area contributed by atoms with Gasteiger partial charge in [-0.15, -0.1) is 10.2 Å². The van der Waals surface area contributed by atoms with Gasteiger partial charge in [-0.3, -0.25) is 4.21 Å². The third-order valence-electron chi connectivity index (χ3n) is 8.29. The van der Waals surface area contributed by atoms with Crippen molar-refractivity contribution in [3.8, 4) is 23.0 Å². The van der Waals surface area contributed by atoms with E-state index in [-0.39, 0.29) is 17.0 Å². The highest BCUT2D eigenvalue weighted by Crippen LogP contribution is 2.69. The van der Waals surface area contributed by atoms with E-state index in [0.717, 1.165) is 41.9 Å². The molecule has 1 saturated carbocycles. The number of hydrogen-bond acceptors (Lipinski definition) is 8. The summed E-state index contributed by atoms with van der Waals surface area (Å²) in [4.78, 5) is 13.6. The standard InChI is InChI=1S/C27H27F2N7O2S/c1-26(2)16-7-10-27(26,24-15(16)13-18(33-34-24)22-17(28)5-6-19(37)23(22)29)20-8-11-30-25(32-20)36-14-31-21(35-36)9-12-39(3,4)38/h5-6,8,11,13-14,16,37H,3,7,9-10,12H2,1-2,4H3/t16-,27-,39?/m0/s1. The first-order chi connectivity index (χ1) is 18.4. The van der Waals surface area contributed by atoms with Crippen LogP contribution in [0.3, 0.4) is 0 Å². The van der Waals surface area contributed by atoms with E-state index in [1.54, 1.807) is 18.5 Å². The molecule has 1 N–H and O–H groups in total. The number of hydrogen-bond donors (Lipinski definition) is 1. The van der Waals surface area contributed by atoms with Crippen LogP contribution in [0.5, 0.6) is 5.75 Å². The van der Waals surface area contributed by atoms with Gasteiger partial charge in [-0.25, -0.2) is 23.7 Å². The molecule has 4 aromatic rings. The van der Waals surface area contributed by atoms with Crippen LogP contribution in [0.1, 0.15) is 55.4 Å². The number of aromatic hydroxyl groups is 1. The summed E-state index contributed by atoms with van der Waals surface area (Å²) in [5, 5.41) is 23.0. The van der Waals surface area contributed by atoms with Crippen molar-refractivity contribution >= 4 is 15.4 Å². The van der Waals surface area contributed by atoms with Crippen molar-refractivity contribution < 1.29 is 18.1 Å². The van der Waals surface area contributed by atoms with Crippen molar-refractivity contribution in [2.24, 2.45) is 5.41 Å². The summed E-state index contributed by atoms with van der Waals surface area (Å²) in [5.74, 6) is 2.46. The molecule has 3 atom stereocenters. The molecule has 202 valence electrons. The lowest BCUT2D eigenvalue weighted by Crippen LogP contribution is -2.38. The van der Waals surface area contributed by atoms with Crippen molar-refractivity contribution in [3.05, 3.63) is 71.2 Å². The van der Waals surface area contributed by atoms with Gasteiger partial charge < -0.3 is 5.11 Å². The number of benzene rings is 1. The lowest BCUT2D eigenvalue weighted by Gasteiger charge is -2.37. The van der Waals surface area contributed by atoms with E-state index in [0.29, 0.717) is 23.9 Å². The van der Waals surface area contributed by atoms with Crippen molar-refractivity contribution in [1.29, 1.82) is 0 Å². The fraction of sp³-hybridized carbons (Fsp3) is 0.370. The van der Waals surface area contributed by atoms with E-state index in [9.17, 15) is 18.1 Å². The molecule has 0 saturated heterocycles. The van der Waals surface area contributed by atoms with Crippen LogP contribution < -0.4 is 0 Å². The molecule has 2 aliphatic carbocycles. The minimum Gasteiger partial charge on any atom is -0.505 e. The van der Waals surface area contributed by atoms with Crippen LogP contribution in [-0.4, -0.2) is 62.1 Å². The number of aryl methyl sites for hydroxylation is 1. The van der Waals surface area contributed by atoms with Gasteiger partial charge in [-0.2, -0.15) is 9.78 Å². The van der Waals surface area contributed by atoms with E-state index in [1.165, 1.54) is 11.0 Å². The predicted octanol–water partition coefficient (Wildman–Crippen LogP) is 3.59. The number of halogens is 2. The van der Waals surface area contributed by atoms with Crippen LogP contribution in [0, 0.1) is 17.0 Å². The van der Waals surface area contributed by atoms with E-state index >= 15 is 0 Å². The van der Waals surface area contributed by atoms with Gasteiger partial charge in [-0.05, 0) is 69.4 Å². The van der Waals surface area contributed by atoms with Crippen molar-refractivity contribution in [2.45, 2.75) is 44.4 Å². The van der Waals surface area contributed by atoms with Crippen LogP contribution >= 0.6 is 0 Å². The molecule has 39 heavy (non-hydrogen) atoms. The van der Waals surface area contributed by atoms with Crippen molar-refractivity contribution in [3.63, 3.8) is 0 Å². The summed E-state index contributed by atoms with van der Waals surface area (Å²) in [7, 11) is -2.16.